The summed E-state index contributed by atoms with van der Waals surface area (Å²) in [7, 11) is 0. The fourth-order valence-corrected chi connectivity index (χ4v) is 3.98. The van der Waals surface area contributed by atoms with Crippen molar-refractivity contribution in [2.45, 2.75) is 51.7 Å². The highest BCUT2D eigenvalue weighted by atomic mass is 32.1. The number of rotatable bonds is 2. The monoisotopic (exact) mass is 278 g/mol. The molecule has 1 N–H and O–H groups in total. The van der Waals surface area contributed by atoms with Crippen LogP contribution in [0.2, 0.25) is 0 Å². The largest absolute Gasteiger partial charge is 0.319 e. The van der Waals surface area contributed by atoms with Crippen molar-refractivity contribution in [1.29, 1.82) is 0 Å². The van der Waals surface area contributed by atoms with Crippen LogP contribution in [0.5, 0.6) is 0 Å². The van der Waals surface area contributed by atoms with E-state index in [2.05, 4.69) is 40.9 Å². The zero-order chi connectivity index (χ0) is 13.5. The normalized spacial score (nSPS) is 28.0. The maximum absolute atomic E-state index is 12.2. The molecule has 4 heteroatoms. The SMILES string of the molecule is CC1(C)CCC(N2C(=O)CNC2c2ccsc2)CC1. The number of carbonyl (C=O) groups is 1. The Kier molecular flexibility index (Phi) is 3.39. The molecule has 0 bridgehead atoms. The first-order valence-corrected chi connectivity index (χ1v) is 8.08. The smallest absolute Gasteiger partial charge is 0.238 e. The molecule has 2 fully saturated rings. The van der Waals surface area contributed by atoms with E-state index < -0.39 is 0 Å². The van der Waals surface area contributed by atoms with Gasteiger partial charge in [0.25, 0.3) is 0 Å². The van der Waals surface area contributed by atoms with E-state index in [-0.39, 0.29) is 12.1 Å². The van der Waals surface area contributed by atoms with E-state index in [1.165, 1.54) is 18.4 Å². The van der Waals surface area contributed by atoms with Crippen LogP contribution in [0.4, 0.5) is 0 Å². The number of hydrogen-bond acceptors (Lipinski definition) is 3. The molecule has 1 amide bonds. The molecule has 1 aromatic rings. The predicted molar refractivity (Wildman–Crippen MR) is 77.9 cm³/mol. The molecule has 1 unspecified atom stereocenters. The van der Waals surface area contributed by atoms with E-state index in [4.69, 9.17) is 0 Å². The van der Waals surface area contributed by atoms with Crippen LogP contribution in [0.3, 0.4) is 0 Å². The van der Waals surface area contributed by atoms with Crippen molar-refractivity contribution in [1.82, 2.24) is 10.2 Å². The number of nitrogens with zero attached hydrogens (tertiary/aromatic N) is 1. The highest BCUT2D eigenvalue weighted by molar-refractivity contribution is 7.07. The lowest BCUT2D eigenvalue weighted by Crippen LogP contribution is -2.42. The third-order valence-electron chi connectivity index (χ3n) is 4.57. The van der Waals surface area contributed by atoms with Gasteiger partial charge in [0.1, 0.15) is 6.17 Å². The average molecular weight is 278 g/mol. The quantitative estimate of drug-likeness (QED) is 0.901. The molecule has 1 saturated carbocycles. The zero-order valence-electron chi connectivity index (χ0n) is 11.7. The summed E-state index contributed by atoms with van der Waals surface area (Å²) in [5.41, 5.74) is 1.69. The summed E-state index contributed by atoms with van der Waals surface area (Å²) >= 11 is 1.70. The molecular weight excluding hydrogens is 256 g/mol. The average Bonchev–Trinajstić information content (AvgIpc) is 2.98. The molecule has 0 spiro atoms. The molecular formula is C15H22N2OS. The molecule has 1 saturated heterocycles. The van der Waals surface area contributed by atoms with Crippen LogP contribution in [-0.2, 0) is 4.79 Å². The van der Waals surface area contributed by atoms with Crippen molar-refractivity contribution in [3.8, 4) is 0 Å². The topological polar surface area (TPSA) is 32.3 Å². The van der Waals surface area contributed by atoms with Gasteiger partial charge in [0.05, 0.1) is 6.54 Å². The third kappa shape index (κ3) is 2.56. The molecule has 1 aliphatic heterocycles. The van der Waals surface area contributed by atoms with E-state index >= 15 is 0 Å². The van der Waals surface area contributed by atoms with Gasteiger partial charge in [-0.2, -0.15) is 11.3 Å². The van der Waals surface area contributed by atoms with Crippen molar-refractivity contribution in [3.05, 3.63) is 22.4 Å². The summed E-state index contributed by atoms with van der Waals surface area (Å²) in [5.74, 6) is 0.265. The summed E-state index contributed by atoms with van der Waals surface area (Å²) in [6.45, 7) is 5.16. The minimum Gasteiger partial charge on any atom is -0.319 e. The lowest BCUT2D eigenvalue weighted by Gasteiger charge is -2.40. The second-order valence-corrected chi connectivity index (χ2v) is 7.32. The van der Waals surface area contributed by atoms with E-state index in [1.54, 1.807) is 11.3 Å². The van der Waals surface area contributed by atoms with Crippen LogP contribution in [0.15, 0.2) is 16.8 Å². The van der Waals surface area contributed by atoms with Gasteiger partial charge in [0, 0.05) is 6.04 Å². The highest BCUT2D eigenvalue weighted by Gasteiger charge is 2.39. The molecule has 1 aliphatic carbocycles. The Balaban J connectivity index is 1.76. The minimum absolute atomic E-state index is 0.102. The maximum Gasteiger partial charge on any atom is 0.238 e. The number of amides is 1. The predicted octanol–water partition coefficient (Wildman–Crippen LogP) is 3.15. The molecule has 1 atom stereocenters. The van der Waals surface area contributed by atoms with Gasteiger partial charge in [-0.15, -0.1) is 0 Å². The molecule has 2 heterocycles. The van der Waals surface area contributed by atoms with Gasteiger partial charge in [-0.3, -0.25) is 10.1 Å². The first-order valence-electron chi connectivity index (χ1n) is 7.13. The molecule has 1 aromatic heterocycles. The van der Waals surface area contributed by atoms with E-state index in [0.717, 1.165) is 12.8 Å². The van der Waals surface area contributed by atoms with Crippen LogP contribution in [0.25, 0.3) is 0 Å². The molecule has 0 aromatic carbocycles. The number of carbonyl (C=O) groups excluding carboxylic acids is 1. The molecule has 104 valence electrons. The van der Waals surface area contributed by atoms with Gasteiger partial charge in [0.2, 0.25) is 5.91 Å². The zero-order valence-corrected chi connectivity index (χ0v) is 12.5. The first kappa shape index (κ1) is 13.1. The van der Waals surface area contributed by atoms with Crippen LogP contribution >= 0.6 is 11.3 Å². The minimum atomic E-state index is 0.102. The Morgan fingerprint density at radius 3 is 2.74 bits per heavy atom. The molecule has 3 nitrogen and oxygen atoms in total. The van der Waals surface area contributed by atoms with Crippen LogP contribution in [0, 0.1) is 5.41 Å². The Morgan fingerprint density at radius 2 is 2.11 bits per heavy atom. The van der Waals surface area contributed by atoms with Gasteiger partial charge in [-0.05, 0) is 53.5 Å². The van der Waals surface area contributed by atoms with E-state index in [1.807, 2.05) is 0 Å². The molecule has 3 rings (SSSR count). The fraction of sp³-hybridized carbons (Fsp3) is 0.667. The van der Waals surface area contributed by atoms with Gasteiger partial charge < -0.3 is 4.90 Å². The maximum atomic E-state index is 12.2. The van der Waals surface area contributed by atoms with Crippen molar-refractivity contribution in [3.63, 3.8) is 0 Å². The van der Waals surface area contributed by atoms with Gasteiger partial charge >= 0.3 is 0 Å². The van der Waals surface area contributed by atoms with Gasteiger partial charge in [0.15, 0.2) is 0 Å². The van der Waals surface area contributed by atoms with Crippen molar-refractivity contribution < 1.29 is 4.79 Å². The lowest BCUT2D eigenvalue weighted by molar-refractivity contribution is -0.131. The van der Waals surface area contributed by atoms with E-state index in [0.29, 0.717) is 18.0 Å². The fourth-order valence-electron chi connectivity index (χ4n) is 3.30. The molecule has 0 radical (unpaired) electrons. The van der Waals surface area contributed by atoms with Crippen molar-refractivity contribution in [2.75, 3.05) is 6.54 Å². The van der Waals surface area contributed by atoms with Gasteiger partial charge in [-0.1, -0.05) is 13.8 Å². The van der Waals surface area contributed by atoms with Crippen molar-refractivity contribution in [2.24, 2.45) is 5.41 Å². The summed E-state index contributed by atoms with van der Waals surface area (Å²) in [6, 6.07) is 2.54. The molecule has 19 heavy (non-hydrogen) atoms. The Labute approximate surface area is 119 Å². The van der Waals surface area contributed by atoms with Crippen LogP contribution in [0.1, 0.15) is 51.3 Å². The Bertz CT molecular complexity index is 445. The summed E-state index contributed by atoms with van der Waals surface area (Å²) < 4.78 is 0. The second-order valence-electron chi connectivity index (χ2n) is 6.54. The van der Waals surface area contributed by atoms with E-state index in [9.17, 15) is 4.79 Å². The van der Waals surface area contributed by atoms with Crippen LogP contribution in [-0.4, -0.2) is 23.4 Å². The third-order valence-corrected chi connectivity index (χ3v) is 5.28. The number of nitrogens with one attached hydrogen (secondary N) is 1. The second kappa shape index (κ2) is 4.91. The van der Waals surface area contributed by atoms with Gasteiger partial charge in [-0.25, -0.2) is 0 Å². The number of hydrogen-bond donors (Lipinski definition) is 1. The van der Waals surface area contributed by atoms with Crippen LogP contribution < -0.4 is 5.32 Å². The first-order chi connectivity index (χ1) is 9.07. The van der Waals surface area contributed by atoms with Crippen molar-refractivity contribution >= 4 is 17.2 Å². The lowest BCUT2D eigenvalue weighted by atomic mass is 9.75. The summed E-state index contributed by atoms with van der Waals surface area (Å²) in [4.78, 5) is 14.3. The standard InChI is InChI=1S/C15H22N2OS/c1-15(2)6-3-12(4-7-15)17-13(18)9-16-14(17)11-5-8-19-10-11/h5,8,10,12,14,16H,3-4,6-7,9H2,1-2H3. The molecule has 2 aliphatic rings. The number of thiophene rings is 1. The highest BCUT2D eigenvalue weighted by Crippen LogP contribution is 2.39. The Hall–Kier alpha value is -0.870. The summed E-state index contributed by atoms with van der Waals surface area (Å²) in [5, 5.41) is 7.59. The summed E-state index contributed by atoms with van der Waals surface area (Å²) in [6.07, 6.45) is 4.82. The Morgan fingerprint density at radius 1 is 1.37 bits per heavy atom.